The van der Waals surface area contributed by atoms with Gasteiger partial charge in [-0.05, 0) is 12.1 Å². The molecule has 0 heterocycles. The maximum atomic E-state index is 11.4. The van der Waals surface area contributed by atoms with Crippen LogP contribution in [0, 0.1) is 0 Å². The van der Waals surface area contributed by atoms with Crippen molar-refractivity contribution in [2.24, 2.45) is 0 Å². The van der Waals surface area contributed by atoms with Gasteiger partial charge in [-0.3, -0.25) is 9.59 Å². The zero-order chi connectivity index (χ0) is 11.3. The summed E-state index contributed by atoms with van der Waals surface area (Å²) in [5.41, 5.74) is 1.25. The van der Waals surface area contributed by atoms with Crippen LogP contribution < -0.4 is 10.2 Å². The van der Waals surface area contributed by atoms with Crippen molar-refractivity contribution in [3.05, 3.63) is 24.3 Å². The van der Waals surface area contributed by atoms with E-state index in [-0.39, 0.29) is 12.3 Å². The monoisotopic (exact) mass is 205 g/mol. The lowest BCUT2D eigenvalue weighted by atomic mass is 10.2. The number of carbonyl (C=O) groups excluding carboxylic acids is 2. The largest absolute Gasteiger partial charge is 0.386 e. The third-order valence-corrected chi connectivity index (χ3v) is 2.06. The molecule has 79 valence electrons. The number of nitrogens with one attached hydrogen (secondary N) is 1. The van der Waals surface area contributed by atoms with Gasteiger partial charge in [0.1, 0.15) is 0 Å². The number of nitrogens with zero attached hydrogens (tertiary/aromatic N) is 1. The van der Waals surface area contributed by atoms with Crippen LogP contribution in [0.1, 0.15) is 13.3 Å². The second-order valence-electron chi connectivity index (χ2n) is 2.94. The molecule has 1 radical (unpaired) electrons. The summed E-state index contributed by atoms with van der Waals surface area (Å²) in [5, 5.41) is 2.92. The average molecular weight is 205 g/mol. The van der Waals surface area contributed by atoms with Gasteiger partial charge < -0.3 is 5.32 Å². The van der Waals surface area contributed by atoms with Crippen molar-refractivity contribution < 1.29 is 9.59 Å². The van der Waals surface area contributed by atoms with E-state index in [1.165, 1.54) is 0 Å². The van der Waals surface area contributed by atoms with Crippen LogP contribution in [0.4, 0.5) is 11.4 Å². The van der Waals surface area contributed by atoms with Crippen molar-refractivity contribution in [2.45, 2.75) is 13.3 Å². The minimum atomic E-state index is -0.271. The summed E-state index contributed by atoms with van der Waals surface area (Å²) in [5.74, 6) is -0.271. The first kappa shape index (κ1) is 11.2. The van der Waals surface area contributed by atoms with Crippen LogP contribution in [0.2, 0.25) is 0 Å². The quantitative estimate of drug-likeness (QED) is 0.758. The van der Waals surface area contributed by atoms with Crippen LogP contribution in [0.15, 0.2) is 24.3 Å². The fourth-order valence-corrected chi connectivity index (χ4v) is 1.27. The number of para-hydroxylation sites is 2. The molecule has 0 unspecified atom stereocenters. The van der Waals surface area contributed by atoms with Crippen LogP contribution in [0.3, 0.4) is 0 Å². The van der Waals surface area contributed by atoms with Crippen molar-refractivity contribution in [1.29, 1.82) is 0 Å². The Morgan fingerprint density at radius 3 is 2.67 bits per heavy atom. The molecule has 0 aliphatic heterocycles. The minimum Gasteiger partial charge on any atom is -0.386 e. The van der Waals surface area contributed by atoms with Gasteiger partial charge in [0, 0.05) is 13.5 Å². The molecule has 0 spiro atoms. The molecule has 0 aliphatic carbocycles. The molecule has 1 N–H and O–H groups in total. The summed E-state index contributed by atoms with van der Waals surface area (Å²) in [7, 11) is 1.73. The summed E-state index contributed by atoms with van der Waals surface area (Å²) < 4.78 is 0. The Kier molecular flexibility index (Phi) is 3.85. The van der Waals surface area contributed by atoms with Crippen molar-refractivity contribution >= 4 is 23.7 Å². The molecule has 0 saturated carbocycles. The first-order chi connectivity index (χ1) is 7.24. The van der Waals surface area contributed by atoms with E-state index in [0.29, 0.717) is 5.69 Å². The second kappa shape index (κ2) is 5.14. The van der Waals surface area contributed by atoms with Gasteiger partial charge in [-0.25, -0.2) is 4.90 Å². The van der Waals surface area contributed by atoms with E-state index in [1.54, 1.807) is 38.6 Å². The van der Waals surface area contributed by atoms with Crippen LogP contribution in [0.5, 0.6) is 0 Å². The van der Waals surface area contributed by atoms with Crippen molar-refractivity contribution in [1.82, 2.24) is 0 Å². The Balaban J connectivity index is 3.11. The predicted molar refractivity (Wildman–Crippen MR) is 59.5 cm³/mol. The second-order valence-corrected chi connectivity index (χ2v) is 2.94. The van der Waals surface area contributed by atoms with Crippen LogP contribution in [-0.4, -0.2) is 19.4 Å². The molecule has 0 bridgehead atoms. The Hall–Kier alpha value is -1.84. The lowest BCUT2D eigenvalue weighted by molar-refractivity contribution is -0.117. The molecular weight excluding hydrogens is 192 g/mol. The molecule has 1 rings (SSSR count). The maximum absolute atomic E-state index is 11.4. The zero-order valence-electron chi connectivity index (χ0n) is 8.78. The Morgan fingerprint density at radius 1 is 1.47 bits per heavy atom. The smallest absolute Gasteiger partial charge is 0.324 e. The molecule has 1 aromatic carbocycles. The molecule has 4 nitrogen and oxygen atoms in total. The highest BCUT2D eigenvalue weighted by molar-refractivity contribution is 6.09. The summed E-state index contributed by atoms with van der Waals surface area (Å²) in [6, 6.07) is 7.09. The number of anilines is 2. The van der Waals surface area contributed by atoms with Gasteiger partial charge in [-0.1, -0.05) is 19.1 Å². The summed E-state index contributed by atoms with van der Waals surface area (Å²) in [4.78, 5) is 23.2. The van der Waals surface area contributed by atoms with Crippen molar-refractivity contribution in [2.75, 3.05) is 17.3 Å². The molecule has 4 heteroatoms. The summed E-state index contributed by atoms with van der Waals surface area (Å²) in [6.45, 7) is 1.70. The highest BCUT2D eigenvalue weighted by Crippen LogP contribution is 2.24. The fraction of sp³-hybridized carbons (Fsp3) is 0.273. The number of hydrogen-bond donors (Lipinski definition) is 1. The first-order valence-electron chi connectivity index (χ1n) is 4.72. The number of imide groups is 1. The van der Waals surface area contributed by atoms with Gasteiger partial charge in [0.25, 0.3) is 0 Å². The Labute approximate surface area is 88.9 Å². The third-order valence-electron chi connectivity index (χ3n) is 2.06. The number of amides is 2. The average Bonchev–Trinajstić information content (AvgIpc) is 2.30. The first-order valence-corrected chi connectivity index (χ1v) is 4.72. The minimum absolute atomic E-state index is 0.271. The van der Waals surface area contributed by atoms with Crippen LogP contribution in [-0.2, 0) is 9.59 Å². The van der Waals surface area contributed by atoms with Gasteiger partial charge in [0.2, 0.25) is 5.91 Å². The molecule has 15 heavy (non-hydrogen) atoms. The van der Waals surface area contributed by atoms with E-state index >= 15 is 0 Å². The predicted octanol–water partition coefficient (Wildman–Crippen LogP) is 1.54. The van der Waals surface area contributed by atoms with Gasteiger partial charge in [0.15, 0.2) is 0 Å². The van der Waals surface area contributed by atoms with Crippen molar-refractivity contribution in [3.63, 3.8) is 0 Å². The van der Waals surface area contributed by atoms with E-state index in [9.17, 15) is 9.59 Å². The van der Waals surface area contributed by atoms with Crippen molar-refractivity contribution in [3.8, 4) is 0 Å². The summed E-state index contributed by atoms with van der Waals surface area (Å²) >= 11 is 0. The standard InChI is InChI=1S/C11H13N2O2/c1-3-11(15)13(8-14)10-7-5-4-6-9(10)12-2/h4-7,12H,3H2,1-2H3. The molecule has 1 aromatic rings. The van der Waals surface area contributed by atoms with E-state index < -0.39 is 0 Å². The molecule has 0 aliphatic rings. The maximum Gasteiger partial charge on any atom is 0.324 e. The highest BCUT2D eigenvalue weighted by Gasteiger charge is 2.16. The van der Waals surface area contributed by atoms with E-state index in [2.05, 4.69) is 5.32 Å². The van der Waals surface area contributed by atoms with E-state index in [4.69, 9.17) is 0 Å². The van der Waals surface area contributed by atoms with Gasteiger partial charge in [0.05, 0.1) is 11.4 Å². The zero-order valence-corrected chi connectivity index (χ0v) is 8.78. The molecule has 0 aromatic heterocycles. The molecule has 2 amide bonds. The highest BCUT2D eigenvalue weighted by atomic mass is 16.2. The molecule has 0 saturated heterocycles. The topological polar surface area (TPSA) is 49.4 Å². The molecular formula is C11H13N2O2. The third kappa shape index (κ3) is 2.34. The van der Waals surface area contributed by atoms with E-state index in [1.807, 2.05) is 6.07 Å². The number of carbonyl (C=O) groups is 1. The Morgan fingerprint density at radius 2 is 2.13 bits per heavy atom. The number of rotatable bonds is 4. The molecule has 0 fully saturated rings. The molecule has 0 atom stereocenters. The number of benzene rings is 1. The SMILES string of the molecule is CCC(=O)N([C]=O)c1ccccc1NC. The Bertz CT molecular complexity index is 363. The van der Waals surface area contributed by atoms with Gasteiger partial charge in [-0.2, -0.15) is 0 Å². The lowest BCUT2D eigenvalue weighted by Gasteiger charge is -2.17. The normalized spacial score (nSPS) is 9.47. The number of hydrogen-bond acceptors (Lipinski definition) is 3. The van der Waals surface area contributed by atoms with Crippen LogP contribution >= 0.6 is 0 Å². The van der Waals surface area contributed by atoms with E-state index in [0.717, 1.165) is 10.6 Å². The van der Waals surface area contributed by atoms with Gasteiger partial charge in [-0.15, -0.1) is 0 Å². The summed E-state index contributed by atoms with van der Waals surface area (Å²) in [6.07, 6.45) is 1.91. The van der Waals surface area contributed by atoms with Gasteiger partial charge >= 0.3 is 6.41 Å². The fourth-order valence-electron chi connectivity index (χ4n) is 1.27. The van der Waals surface area contributed by atoms with Crippen LogP contribution in [0.25, 0.3) is 0 Å². The lowest BCUT2D eigenvalue weighted by Crippen LogP contribution is -2.29.